The van der Waals surface area contributed by atoms with E-state index in [1.165, 1.54) is 5.69 Å². The number of carbonyl (C=O) groups excluding carboxylic acids is 1. The van der Waals surface area contributed by atoms with Crippen LogP contribution in [0.4, 0.5) is 0 Å². The van der Waals surface area contributed by atoms with Crippen LogP contribution in [-0.2, 0) is 18.4 Å². The summed E-state index contributed by atoms with van der Waals surface area (Å²) >= 11 is 0. The predicted octanol–water partition coefficient (Wildman–Crippen LogP) is 2.95. The van der Waals surface area contributed by atoms with Crippen LogP contribution < -0.4 is 0 Å². The molecule has 0 unspecified atom stereocenters. The number of carbonyl (C=O) groups is 1. The molecule has 0 spiro atoms. The van der Waals surface area contributed by atoms with E-state index in [0.29, 0.717) is 13.0 Å². The highest BCUT2D eigenvalue weighted by Crippen LogP contribution is 2.11. The third-order valence-electron chi connectivity index (χ3n) is 3.07. The molecule has 0 radical (unpaired) electrons. The first-order valence-corrected chi connectivity index (χ1v) is 6.46. The van der Waals surface area contributed by atoms with Crippen molar-refractivity contribution in [1.82, 2.24) is 9.47 Å². The number of aryl methyl sites for hydroxylation is 1. The molecular formula is C14H24N2O. The number of hydrogen-bond donors (Lipinski definition) is 0. The van der Waals surface area contributed by atoms with Gasteiger partial charge in [0, 0.05) is 31.4 Å². The van der Waals surface area contributed by atoms with Gasteiger partial charge in [-0.1, -0.05) is 13.3 Å². The summed E-state index contributed by atoms with van der Waals surface area (Å²) in [6.07, 6.45) is 4.74. The van der Waals surface area contributed by atoms with Gasteiger partial charge in [0.05, 0.1) is 6.54 Å². The van der Waals surface area contributed by atoms with E-state index in [1.54, 1.807) is 0 Å². The molecule has 0 bridgehead atoms. The van der Waals surface area contributed by atoms with Crippen LogP contribution in [0, 0.1) is 0 Å². The fraction of sp³-hybridized carbons (Fsp3) is 0.643. The molecule has 3 nitrogen and oxygen atoms in total. The van der Waals surface area contributed by atoms with Crippen molar-refractivity contribution in [3.05, 3.63) is 24.0 Å². The Bertz CT molecular complexity index is 355. The van der Waals surface area contributed by atoms with Gasteiger partial charge in [-0.3, -0.25) is 4.79 Å². The second kappa shape index (κ2) is 6.48. The Kier molecular flexibility index (Phi) is 5.26. The Balaban J connectivity index is 2.67. The molecular weight excluding hydrogens is 212 g/mol. The smallest absolute Gasteiger partial charge is 0.223 e. The van der Waals surface area contributed by atoms with Gasteiger partial charge in [0.25, 0.3) is 0 Å². The molecule has 0 fully saturated rings. The van der Waals surface area contributed by atoms with Crippen molar-refractivity contribution in [3.63, 3.8) is 0 Å². The standard InChI is InChI=1S/C14H24N2O/c1-5-6-9-14(17)16(12(2)3)11-13-8-7-10-15(13)4/h7-8,10,12H,5-6,9,11H2,1-4H3. The van der Waals surface area contributed by atoms with Gasteiger partial charge in [0.15, 0.2) is 0 Å². The van der Waals surface area contributed by atoms with Crippen LogP contribution in [0.15, 0.2) is 18.3 Å². The van der Waals surface area contributed by atoms with E-state index in [0.717, 1.165) is 12.8 Å². The summed E-state index contributed by atoms with van der Waals surface area (Å²) in [7, 11) is 2.02. The molecule has 0 saturated heterocycles. The maximum Gasteiger partial charge on any atom is 0.223 e. The maximum absolute atomic E-state index is 12.1. The third-order valence-corrected chi connectivity index (χ3v) is 3.07. The van der Waals surface area contributed by atoms with Crippen molar-refractivity contribution in [1.29, 1.82) is 0 Å². The molecule has 1 rings (SSSR count). The van der Waals surface area contributed by atoms with E-state index in [1.807, 2.05) is 24.2 Å². The number of unbranched alkanes of at least 4 members (excludes halogenated alkanes) is 1. The maximum atomic E-state index is 12.1. The Labute approximate surface area is 104 Å². The van der Waals surface area contributed by atoms with Crippen LogP contribution in [0.1, 0.15) is 45.7 Å². The first-order chi connectivity index (χ1) is 8.06. The summed E-state index contributed by atoms with van der Waals surface area (Å²) in [5.74, 6) is 0.267. The highest BCUT2D eigenvalue weighted by molar-refractivity contribution is 5.76. The summed E-state index contributed by atoms with van der Waals surface area (Å²) in [6.45, 7) is 6.98. The molecule has 1 heterocycles. The lowest BCUT2D eigenvalue weighted by Crippen LogP contribution is -2.36. The molecule has 96 valence electrons. The van der Waals surface area contributed by atoms with Gasteiger partial charge in [0.1, 0.15) is 0 Å². The van der Waals surface area contributed by atoms with Gasteiger partial charge in [-0.15, -0.1) is 0 Å². The minimum atomic E-state index is 0.259. The van der Waals surface area contributed by atoms with Crippen molar-refractivity contribution in [3.8, 4) is 0 Å². The molecule has 0 aliphatic carbocycles. The zero-order valence-corrected chi connectivity index (χ0v) is 11.4. The third kappa shape index (κ3) is 3.91. The summed E-state index contributed by atoms with van der Waals surface area (Å²) in [5, 5.41) is 0. The average molecular weight is 236 g/mol. The highest BCUT2D eigenvalue weighted by atomic mass is 16.2. The first-order valence-electron chi connectivity index (χ1n) is 6.46. The molecule has 0 aliphatic heterocycles. The SMILES string of the molecule is CCCCC(=O)N(Cc1cccn1C)C(C)C. The fourth-order valence-electron chi connectivity index (χ4n) is 1.87. The van der Waals surface area contributed by atoms with E-state index in [4.69, 9.17) is 0 Å². The lowest BCUT2D eigenvalue weighted by Gasteiger charge is -2.27. The molecule has 1 amide bonds. The number of hydrogen-bond acceptors (Lipinski definition) is 1. The van der Waals surface area contributed by atoms with Gasteiger partial charge in [-0.2, -0.15) is 0 Å². The molecule has 0 aromatic carbocycles. The van der Waals surface area contributed by atoms with Crippen LogP contribution in [0.2, 0.25) is 0 Å². The molecule has 17 heavy (non-hydrogen) atoms. The zero-order valence-electron chi connectivity index (χ0n) is 11.4. The van der Waals surface area contributed by atoms with Crippen molar-refractivity contribution in [2.45, 2.75) is 52.6 Å². The van der Waals surface area contributed by atoms with E-state index in [2.05, 4.69) is 31.4 Å². The van der Waals surface area contributed by atoms with Gasteiger partial charge in [-0.05, 0) is 32.4 Å². The fourth-order valence-corrected chi connectivity index (χ4v) is 1.87. The highest BCUT2D eigenvalue weighted by Gasteiger charge is 2.17. The number of amides is 1. The quantitative estimate of drug-likeness (QED) is 0.745. The minimum absolute atomic E-state index is 0.259. The Morgan fingerprint density at radius 2 is 2.18 bits per heavy atom. The molecule has 0 saturated carbocycles. The largest absolute Gasteiger partial charge is 0.353 e. The number of rotatable bonds is 6. The molecule has 3 heteroatoms. The van der Waals surface area contributed by atoms with Gasteiger partial charge < -0.3 is 9.47 Å². The second-order valence-corrected chi connectivity index (χ2v) is 4.83. The van der Waals surface area contributed by atoms with Gasteiger partial charge in [-0.25, -0.2) is 0 Å². The van der Waals surface area contributed by atoms with Gasteiger partial charge >= 0.3 is 0 Å². The molecule has 1 aromatic heterocycles. The summed E-state index contributed by atoms with van der Waals surface area (Å²) < 4.78 is 2.07. The van der Waals surface area contributed by atoms with E-state index in [-0.39, 0.29) is 11.9 Å². The van der Waals surface area contributed by atoms with Crippen LogP contribution in [0.3, 0.4) is 0 Å². The summed E-state index contributed by atoms with van der Waals surface area (Å²) in [4.78, 5) is 14.1. The lowest BCUT2D eigenvalue weighted by molar-refractivity contribution is -0.133. The monoisotopic (exact) mass is 236 g/mol. The average Bonchev–Trinajstić information content (AvgIpc) is 2.68. The Hall–Kier alpha value is -1.25. The van der Waals surface area contributed by atoms with Crippen LogP contribution >= 0.6 is 0 Å². The summed E-state index contributed by atoms with van der Waals surface area (Å²) in [6, 6.07) is 4.35. The van der Waals surface area contributed by atoms with Crippen molar-refractivity contribution < 1.29 is 4.79 Å². The predicted molar refractivity (Wildman–Crippen MR) is 70.6 cm³/mol. The topological polar surface area (TPSA) is 25.2 Å². The Morgan fingerprint density at radius 1 is 1.47 bits per heavy atom. The van der Waals surface area contributed by atoms with Gasteiger partial charge in [0.2, 0.25) is 5.91 Å². The van der Waals surface area contributed by atoms with E-state index >= 15 is 0 Å². The number of nitrogens with zero attached hydrogens (tertiary/aromatic N) is 2. The molecule has 0 atom stereocenters. The molecule has 0 N–H and O–H groups in total. The lowest BCUT2D eigenvalue weighted by atomic mass is 10.2. The van der Waals surface area contributed by atoms with Crippen LogP contribution in [-0.4, -0.2) is 21.4 Å². The van der Waals surface area contributed by atoms with E-state index in [9.17, 15) is 4.79 Å². The first kappa shape index (κ1) is 13.8. The normalized spacial score (nSPS) is 10.9. The van der Waals surface area contributed by atoms with Crippen molar-refractivity contribution in [2.75, 3.05) is 0 Å². The summed E-state index contributed by atoms with van der Waals surface area (Å²) in [5.41, 5.74) is 1.18. The van der Waals surface area contributed by atoms with E-state index < -0.39 is 0 Å². The van der Waals surface area contributed by atoms with Crippen LogP contribution in [0.25, 0.3) is 0 Å². The Morgan fingerprint density at radius 3 is 2.65 bits per heavy atom. The second-order valence-electron chi connectivity index (χ2n) is 4.83. The minimum Gasteiger partial charge on any atom is -0.353 e. The molecule has 0 aliphatic rings. The van der Waals surface area contributed by atoms with Crippen molar-refractivity contribution in [2.24, 2.45) is 7.05 Å². The zero-order chi connectivity index (χ0) is 12.8. The van der Waals surface area contributed by atoms with Crippen LogP contribution in [0.5, 0.6) is 0 Å². The molecule has 1 aromatic rings. The van der Waals surface area contributed by atoms with Crippen molar-refractivity contribution >= 4 is 5.91 Å². The number of aromatic nitrogens is 1.